The largest absolute Gasteiger partial charge is 0.334 e. The fourth-order valence-electron chi connectivity index (χ4n) is 4.22. The van der Waals surface area contributed by atoms with Gasteiger partial charge in [-0.1, -0.05) is 43.9 Å². The third-order valence-electron chi connectivity index (χ3n) is 6.09. The minimum atomic E-state index is 0.00726. The number of nitrogens with zero attached hydrogens (tertiary/aromatic N) is 3. The van der Waals surface area contributed by atoms with E-state index in [2.05, 4.69) is 11.1 Å². The molecule has 2 heterocycles. The molecule has 1 aromatic carbocycles. The number of benzene rings is 1. The zero-order valence-corrected chi connectivity index (χ0v) is 17.6. The van der Waals surface area contributed by atoms with Crippen molar-refractivity contribution >= 4 is 17.5 Å². The molecule has 30 heavy (non-hydrogen) atoms. The highest BCUT2D eigenvalue weighted by molar-refractivity contribution is 5.97. The van der Waals surface area contributed by atoms with Crippen LogP contribution in [0.2, 0.25) is 0 Å². The maximum atomic E-state index is 13.2. The standard InChI is InChI=1S/C25H31N3O2/c29-24(21-11-9-15-26-18-21)27-16-7-3-1-2-4-8-17-28(25(30)20-13-14-20)23-12-6-5-10-22(23)19-27/h5-6,9-12,15,18,20H,1-4,7-8,13-14,16-17,19H2. The summed E-state index contributed by atoms with van der Waals surface area (Å²) in [7, 11) is 0. The molecule has 0 spiro atoms. The van der Waals surface area contributed by atoms with Crippen LogP contribution in [0.5, 0.6) is 0 Å². The van der Waals surface area contributed by atoms with Gasteiger partial charge in [-0.3, -0.25) is 14.6 Å². The second kappa shape index (κ2) is 9.88. The summed E-state index contributed by atoms with van der Waals surface area (Å²) in [5.74, 6) is 0.442. The summed E-state index contributed by atoms with van der Waals surface area (Å²) in [6.07, 6.45) is 12.0. The molecule has 2 amide bonds. The van der Waals surface area contributed by atoms with Crippen molar-refractivity contribution in [2.45, 2.75) is 57.9 Å². The van der Waals surface area contributed by atoms with Crippen molar-refractivity contribution < 1.29 is 9.59 Å². The highest BCUT2D eigenvalue weighted by Gasteiger charge is 2.34. The Morgan fingerprint density at radius 1 is 0.867 bits per heavy atom. The van der Waals surface area contributed by atoms with E-state index in [-0.39, 0.29) is 17.7 Å². The number of rotatable bonds is 2. The zero-order chi connectivity index (χ0) is 20.8. The van der Waals surface area contributed by atoms with E-state index in [4.69, 9.17) is 0 Å². The molecule has 5 heteroatoms. The zero-order valence-electron chi connectivity index (χ0n) is 17.6. The van der Waals surface area contributed by atoms with Gasteiger partial charge in [0.05, 0.1) is 5.56 Å². The maximum Gasteiger partial charge on any atom is 0.255 e. The average Bonchev–Trinajstić information content (AvgIpc) is 3.62. The summed E-state index contributed by atoms with van der Waals surface area (Å²) in [6, 6.07) is 11.7. The van der Waals surface area contributed by atoms with Crippen LogP contribution in [-0.4, -0.2) is 34.8 Å². The molecule has 158 valence electrons. The average molecular weight is 406 g/mol. The summed E-state index contributed by atoms with van der Waals surface area (Å²) in [5.41, 5.74) is 2.63. The predicted molar refractivity (Wildman–Crippen MR) is 118 cm³/mol. The summed E-state index contributed by atoms with van der Waals surface area (Å²) < 4.78 is 0. The molecule has 1 aliphatic heterocycles. The van der Waals surface area contributed by atoms with E-state index in [1.165, 1.54) is 12.8 Å². The van der Waals surface area contributed by atoms with Crippen molar-refractivity contribution in [2.75, 3.05) is 18.0 Å². The number of amides is 2. The lowest BCUT2D eigenvalue weighted by molar-refractivity contribution is -0.119. The van der Waals surface area contributed by atoms with Gasteiger partial charge in [-0.25, -0.2) is 0 Å². The van der Waals surface area contributed by atoms with Crippen LogP contribution in [0, 0.1) is 5.92 Å². The molecule has 5 nitrogen and oxygen atoms in total. The first-order valence-electron chi connectivity index (χ1n) is 11.3. The number of carbonyl (C=O) groups excluding carboxylic acids is 2. The molecule has 0 atom stereocenters. The van der Waals surface area contributed by atoms with Crippen molar-refractivity contribution in [2.24, 2.45) is 5.92 Å². The molecule has 0 saturated heterocycles. The van der Waals surface area contributed by atoms with Gasteiger partial charge in [-0.05, 0) is 49.4 Å². The molecule has 0 bridgehead atoms. The van der Waals surface area contributed by atoms with E-state index in [0.29, 0.717) is 12.1 Å². The van der Waals surface area contributed by atoms with E-state index in [1.807, 2.05) is 34.1 Å². The quantitative estimate of drug-likeness (QED) is 0.720. The Balaban J connectivity index is 1.64. The van der Waals surface area contributed by atoms with Gasteiger partial charge in [0, 0.05) is 43.6 Å². The Kier molecular flexibility index (Phi) is 6.77. The highest BCUT2D eigenvalue weighted by atomic mass is 16.2. The first-order chi connectivity index (χ1) is 14.7. The van der Waals surface area contributed by atoms with Gasteiger partial charge in [-0.15, -0.1) is 0 Å². The third kappa shape index (κ3) is 5.07. The maximum absolute atomic E-state index is 13.2. The summed E-state index contributed by atoms with van der Waals surface area (Å²) in [6.45, 7) is 2.00. The number of hydrogen-bond donors (Lipinski definition) is 0. The molecule has 2 aliphatic rings. The topological polar surface area (TPSA) is 53.5 Å². The fourth-order valence-corrected chi connectivity index (χ4v) is 4.22. The lowest BCUT2D eigenvalue weighted by atomic mass is 10.1. The predicted octanol–water partition coefficient (Wildman–Crippen LogP) is 4.82. The number of para-hydroxylation sites is 1. The molecular formula is C25H31N3O2. The summed E-state index contributed by atoms with van der Waals surface area (Å²) in [4.78, 5) is 34.4. The van der Waals surface area contributed by atoms with Crippen molar-refractivity contribution in [3.8, 4) is 0 Å². The van der Waals surface area contributed by atoms with E-state index in [9.17, 15) is 9.59 Å². The van der Waals surface area contributed by atoms with E-state index in [1.54, 1.807) is 18.5 Å². The van der Waals surface area contributed by atoms with Gasteiger partial charge in [0.2, 0.25) is 5.91 Å². The van der Waals surface area contributed by atoms with Gasteiger partial charge < -0.3 is 9.80 Å². The van der Waals surface area contributed by atoms with E-state index < -0.39 is 0 Å². The van der Waals surface area contributed by atoms with Crippen LogP contribution in [-0.2, 0) is 11.3 Å². The number of fused-ring (bicyclic) bond motifs is 1. The molecule has 1 aliphatic carbocycles. The molecule has 1 aromatic heterocycles. The van der Waals surface area contributed by atoms with Crippen molar-refractivity contribution in [3.63, 3.8) is 0 Å². The SMILES string of the molecule is O=C(c1cccnc1)N1CCCCCCCCN(C(=O)C2CC2)c2ccccc2C1. The van der Waals surface area contributed by atoms with Gasteiger partial charge in [-0.2, -0.15) is 0 Å². The monoisotopic (exact) mass is 405 g/mol. The lowest BCUT2D eigenvalue weighted by Gasteiger charge is -2.28. The fraction of sp³-hybridized carbons (Fsp3) is 0.480. The van der Waals surface area contributed by atoms with Gasteiger partial charge in [0.15, 0.2) is 0 Å². The van der Waals surface area contributed by atoms with Crippen molar-refractivity contribution in [1.82, 2.24) is 9.88 Å². The molecule has 4 rings (SSSR count). The van der Waals surface area contributed by atoms with Crippen LogP contribution in [0.15, 0.2) is 48.8 Å². The van der Waals surface area contributed by atoms with Crippen LogP contribution in [0.4, 0.5) is 5.69 Å². The van der Waals surface area contributed by atoms with Crippen LogP contribution < -0.4 is 4.90 Å². The van der Waals surface area contributed by atoms with Gasteiger partial charge in [0.25, 0.3) is 5.91 Å². The first-order valence-corrected chi connectivity index (χ1v) is 11.3. The van der Waals surface area contributed by atoms with Crippen LogP contribution >= 0.6 is 0 Å². The Bertz CT molecular complexity index is 864. The highest BCUT2D eigenvalue weighted by Crippen LogP contribution is 2.34. The minimum absolute atomic E-state index is 0.00726. The molecule has 2 aromatic rings. The lowest BCUT2D eigenvalue weighted by Crippen LogP contribution is -2.36. The van der Waals surface area contributed by atoms with Crippen LogP contribution in [0.25, 0.3) is 0 Å². The molecule has 0 radical (unpaired) electrons. The third-order valence-corrected chi connectivity index (χ3v) is 6.09. The van der Waals surface area contributed by atoms with Gasteiger partial charge in [0.1, 0.15) is 0 Å². The Morgan fingerprint density at radius 3 is 2.33 bits per heavy atom. The van der Waals surface area contributed by atoms with Crippen LogP contribution in [0.3, 0.4) is 0 Å². The normalized spacial score (nSPS) is 18.5. The van der Waals surface area contributed by atoms with Crippen molar-refractivity contribution in [3.05, 3.63) is 59.9 Å². The summed E-state index contributed by atoms with van der Waals surface area (Å²) >= 11 is 0. The number of hydrogen-bond acceptors (Lipinski definition) is 3. The molecule has 1 saturated carbocycles. The van der Waals surface area contributed by atoms with E-state index in [0.717, 1.165) is 62.9 Å². The Labute approximate surface area is 179 Å². The van der Waals surface area contributed by atoms with Crippen LogP contribution in [0.1, 0.15) is 67.3 Å². The molecule has 0 unspecified atom stereocenters. The van der Waals surface area contributed by atoms with E-state index >= 15 is 0 Å². The van der Waals surface area contributed by atoms with Crippen molar-refractivity contribution in [1.29, 1.82) is 0 Å². The second-order valence-electron chi connectivity index (χ2n) is 8.48. The number of aromatic nitrogens is 1. The number of carbonyl (C=O) groups is 2. The first kappa shape index (κ1) is 20.6. The second-order valence-corrected chi connectivity index (χ2v) is 8.48. The summed E-state index contributed by atoms with van der Waals surface area (Å²) in [5, 5.41) is 0. The Hall–Kier alpha value is -2.69. The molecular weight excluding hydrogens is 374 g/mol. The molecule has 0 N–H and O–H groups in total. The Morgan fingerprint density at radius 2 is 1.60 bits per heavy atom. The smallest absolute Gasteiger partial charge is 0.255 e. The van der Waals surface area contributed by atoms with Gasteiger partial charge >= 0.3 is 0 Å². The number of anilines is 1. The molecule has 1 fully saturated rings. The number of pyridine rings is 1. The minimum Gasteiger partial charge on any atom is -0.334 e.